The van der Waals surface area contributed by atoms with Crippen LogP contribution in [0.25, 0.3) is 11.1 Å². The molecule has 2 aromatic carbocycles. The molecule has 18 heavy (non-hydrogen) atoms. The molecule has 0 amide bonds. The molecule has 0 heterocycles. The zero-order chi connectivity index (χ0) is 13.3. The summed E-state index contributed by atoms with van der Waals surface area (Å²) in [6, 6.07) is 9.00. The van der Waals surface area contributed by atoms with E-state index < -0.39 is 11.7 Å². The average Bonchev–Trinajstić information content (AvgIpc) is 2.28. The van der Waals surface area contributed by atoms with Gasteiger partial charge in [-0.1, -0.05) is 18.2 Å². The zero-order valence-electron chi connectivity index (χ0n) is 8.93. The van der Waals surface area contributed by atoms with Crippen LogP contribution in [0.15, 0.2) is 42.5 Å². The van der Waals surface area contributed by atoms with Crippen molar-refractivity contribution in [3.05, 3.63) is 57.4 Å². The van der Waals surface area contributed by atoms with Crippen molar-refractivity contribution in [3.8, 4) is 11.1 Å². The monoisotopic (exact) mass is 366 g/mol. The van der Waals surface area contributed by atoms with E-state index in [0.717, 1.165) is 12.1 Å². The van der Waals surface area contributed by atoms with E-state index in [0.29, 0.717) is 14.7 Å². The molecule has 0 bridgehead atoms. The number of benzene rings is 2. The highest BCUT2D eigenvalue weighted by Crippen LogP contribution is 2.32. The van der Waals surface area contributed by atoms with E-state index in [2.05, 4.69) is 0 Å². The summed E-state index contributed by atoms with van der Waals surface area (Å²) < 4.78 is 50.8. The van der Waals surface area contributed by atoms with Crippen molar-refractivity contribution >= 4 is 22.6 Å². The summed E-state index contributed by atoms with van der Waals surface area (Å²) in [6.07, 6.45) is -4.34. The lowest BCUT2D eigenvalue weighted by molar-refractivity contribution is -0.137. The highest BCUT2D eigenvalue weighted by Gasteiger charge is 2.29. The van der Waals surface area contributed by atoms with Crippen LogP contribution in [0.4, 0.5) is 17.6 Å². The molecule has 0 atom stereocenters. The van der Waals surface area contributed by atoms with Gasteiger partial charge in [-0.3, -0.25) is 0 Å². The van der Waals surface area contributed by atoms with Gasteiger partial charge in [0.1, 0.15) is 5.82 Å². The number of hydrogen-bond donors (Lipinski definition) is 0. The zero-order valence-corrected chi connectivity index (χ0v) is 11.1. The van der Waals surface area contributed by atoms with E-state index in [4.69, 9.17) is 0 Å². The Morgan fingerprint density at radius 2 is 1.50 bits per heavy atom. The largest absolute Gasteiger partial charge is 0.416 e. The quantitative estimate of drug-likeness (QED) is 0.486. The Balaban J connectivity index is 2.41. The fourth-order valence-electron chi connectivity index (χ4n) is 1.56. The molecule has 2 aromatic rings. The van der Waals surface area contributed by atoms with Gasteiger partial charge < -0.3 is 0 Å². The Kier molecular flexibility index (Phi) is 3.61. The van der Waals surface area contributed by atoms with E-state index in [1.165, 1.54) is 24.3 Å². The van der Waals surface area contributed by atoms with E-state index >= 15 is 0 Å². The molecular weight excluding hydrogens is 359 g/mol. The Morgan fingerprint density at radius 3 is 2.00 bits per heavy atom. The first-order valence-electron chi connectivity index (χ1n) is 5.00. The first-order chi connectivity index (χ1) is 8.38. The van der Waals surface area contributed by atoms with Crippen LogP contribution in [-0.4, -0.2) is 0 Å². The molecule has 0 saturated carbocycles. The summed E-state index contributed by atoms with van der Waals surface area (Å²) in [5, 5.41) is 0. The molecule has 0 aliphatic rings. The van der Waals surface area contributed by atoms with Gasteiger partial charge in [0.15, 0.2) is 0 Å². The minimum atomic E-state index is -4.34. The summed E-state index contributed by atoms with van der Waals surface area (Å²) in [5.74, 6) is -0.366. The molecular formula is C13H7F4I. The van der Waals surface area contributed by atoms with Gasteiger partial charge in [0, 0.05) is 3.57 Å². The van der Waals surface area contributed by atoms with Crippen molar-refractivity contribution in [3.63, 3.8) is 0 Å². The fraction of sp³-hybridized carbons (Fsp3) is 0.0769. The minimum absolute atomic E-state index is 0.366. The third-order valence-corrected chi connectivity index (χ3v) is 3.35. The van der Waals surface area contributed by atoms with Crippen LogP contribution >= 0.6 is 22.6 Å². The number of halogens is 5. The maximum absolute atomic E-state index is 12.9. The van der Waals surface area contributed by atoms with Crippen molar-refractivity contribution in [2.75, 3.05) is 0 Å². The van der Waals surface area contributed by atoms with Gasteiger partial charge in [-0.2, -0.15) is 13.2 Å². The van der Waals surface area contributed by atoms with E-state index in [9.17, 15) is 17.6 Å². The standard InChI is InChI=1S/C13H7F4I/c14-10-5-6-11(12(18)7-10)8-1-3-9(4-2-8)13(15,16)17/h1-7H. The first-order valence-corrected chi connectivity index (χ1v) is 6.08. The molecule has 0 aliphatic heterocycles. The molecule has 0 saturated heterocycles. The number of alkyl halides is 3. The van der Waals surface area contributed by atoms with Crippen LogP contribution < -0.4 is 0 Å². The molecule has 0 radical (unpaired) electrons. The van der Waals surface area contributed by atoms with Gasteiger partial charge >= 0.3 is 6.18 Å². The predicted molar refractivity (Wildman–Crippen MR) is 69.6 cm³/mol. The summed E-state index contributed by atoms with van der Waals surface area (Å²) in [4.78, 5) is 0. The van der Waals surface area contributed by atoms with Crippen molar-refractivity contribution in [1.29, 1.82) is 0 Å². The van der Waals surface area contributed by atoms with Crippen LogP contribution in [0.3, 0.4) is 0 Å². The van der Waals surface area contributed by atoms with Crippen molar-refractivity contribution in [1.82, 2.24) is 0 Å². The molecule has 0 spiro atoms. The molecule has 0 aromatic heterocycles. The maximum Gasteiger partial charge on any atom is 0.416 e. The molecule has 0 aliphatic carbocycles. The molecule has 0 N–H and O–H groups in total. The second-order valence-electron chi connectivity index (χ2n) is 3.70. The Bertz CT molecular complexity index is 558. The third kappa shape index (κ3) is 2.82. The van der Waals surface area contributed by atoms with Gasteiger partial charge in [-0.25, -0.2) is 4.39 Å². The SMILES string of the molecule is Fc1ccc(-c2ccc(C(F)(F)F)cc2)c(I)c1. The first kappa shape index (κ1) is 13.3. The van der Waals surface area contributed by atoms with Crippen molar-refractivity contribution < 1.29 is 17.6 Å². The second-order valence-corrected chi connectivity index (χ2v) is 4.86. The Labute approximate surface area is 115 Å². The predicted octanol–water partition coefficient (Wildman–Crippen LogP) is 5.12. The van der Waals surface area contributed by atoms with E-state index in [1.54, 1.807) is 6.07 Å². The number of hydrogen-bond acceptors (Lipinski definition) is 0. The Hall–Kier alpha value is -1.11. The highest BCUT2D eigenvalue weighted by atomic mass is 127. The Morgan fingerprint density at radius 1 is 0.889 bits per heavy atom. The molecule has 2 rings (SSSR count). The fourth-order valence-corrected chi connectivity index (χ4v) is 2.35. The summed E-state index contributed by atoms with van der Waals surface area (Å²) in [5.41, 5.74) is 0.654. The van der Waals surface area contributed by atoms with Crippen molar-refractivity contribution in [2.24, 2.45) is 0 Å². The lowest BCUT2D eigenvalue weighted by atomic mass is 10.0. The van der Waals surface area contributed by atoms with Crippen LogP contribution in [0.5, 0.6) is 0 Å². The summed E-state index contributed by atoms with van der Waals surface area (Å²) in [6.45, 7) is 0. The lowest BCUT2D eigenvalue weighted by Crippen LogP contribution is -2.04. The minimum Gasteiger partial charge on any atom is -0.207 e. The summed E-state index contributed by atoms with van der Waals surface area (Å²) >= 11 is 1.95. The smallest absolute Gasteiger partial charge is 0.207 e. The van der Waals surface area contributed by atoms with Crippen LogP contribution in [0, 0.1) is 9.39 Å². The maximum atomic E-state index is 12.9. The molecule has 0 nitrogen and oxygen atoms in total. The normalized spacial score (nSPS) is 11.6. The molecule has 0 fully saturated rings. The van der Waals surface area contributed by atoms with E-state index in [1.807, 2.05) is 22.6 Å². The van der Waals surface area contributed by atoms with Gasteiger partial charge in [0.25, 0.3) is 0 Å². The topological polar surface area (TPSA) is 0 Å². The average molecular weight is 366 g/mol. The van der Waals surface area contributed by atoms with Gasteiger partial charge in [0.2, 0.25) is 0 Å². The lowest BCUT2D eigenvalue weighted by Gasteiger charge is -2.09. The molecule has 5 heteroatoms. The third-order valence-electron chi connectivity index (χ3n) is 2.45. The number of rotatable bonds is 1. The molecule has 0 unspecified atom stereocenters. The van der Waals surface area contributed by atoms with Gasteiger partial charge in [-0.15, -0.1) is 0 Å². The van der Waals surface area contributed by atoms with Crippen LogP contribution in [0.2, 0.25) is 0 Å². The molecule has 94 valence electrons. The summed E-state index contributed by atoms with van der Waals surface area (Å²) in [7, 11) is 0. The second kappa shape index (κ2) is 4.87. The van der Waals surface area contributed by atoms with Crippen molar-refractivity contribution in [2.45, 2.75) is 6.18 Å². The highest BCUT2D eigenvalue weighted by molar-refractivity contribution is 14.1. The van der Waals surface area contributed by atoms with Crippen LogP contribution in [-0.2, 0) is 6.18 Å². The van der Waals surface area contributed by atoms with E-state index in [-0.39, 0.29) is 5.82 Å². The van der Waals surface area contributed by atoms with Crippen LogP contribution in [0.1, 0.15) is 5.56 Å². The van der Waals surface area contributed by atoms with Gasteiger partial charge in [0.05, 0.1) is 5.56 Å². The van der Waals surface area contributed by atoms with Gasteiger partial charge in [-0.05, 0) is 58.0 Å².